The topological polar surface area (TPSA) is 115 Å². The van der Waals surface area contributed by atoms with Crippen LogP contribution < -0.4 is 10.5 Å². The number of nitrogens with two attached hydrogens (primary N) is 1. The number of anilines is 1. The standard InChI is InChI=1S/C20H21FN6O2S/c1-2-27-12-16(21)19(25-27)30(22,29)26-20(28)24-18-14-9-6-10-17(14)23-11-15(18)13-7-4-3-5-8-13/h3-5,7-8,11-12H,2,6,9-10H2,1H3,(H3,22,23,24,26,28,29). The summed E-state index contributed by atoms with van der Waals surface area (Å²) in [4.78, 5) is 17.2. The number of amides is 2. The number of rotatable bonds is 4. The van der Waals surface area contributed by atoms with E-state index < -0.39 is 26.8 Å². The number of hydrogen-bond donors (Lipinski definition) is 2. The highest BCUT2D eigenvalue weighted by atomic mass is 32.2. The van der Waals surface area contributed by atoms with Crippen LogP contribution in [0.5, 0.6) is 0 Å². The molecule has 1 aliphatic rings. The van der Waals surface area contributed by atoms with Gasteiger partial charge in [0.25, 0.3) is 0 Å². The quantitative estimate of drug-likeness (QED) is 0.661. The molecule has 3 aromatic rings. The van der Waals surface area contributed by atoms with Crippen LogP contribution >= 0.6 is 0 Å². The first kappa shape index (κ1) is 20.2. The monoisotopic (exact) mass is 428 g/mol. The largest absolute Gasteiger partial charge is 0.354 e. The van der Waals surface area contributed by atoms with Crippen molar-refractivity contribution in [1.82, 2.24) is 14.8 Å². The van der Waals surface area contributed by atoms with Gasteiger partial charge in [-0.3, -0.25) is 9.67 Å². The number of carbonyl (C=O) groups is 1. The van der Waals surface area contributed by atoms with Gasteiger partial charge < -0.3 is 5.32 Å². The fraction of sp³-hybridized carbons (Fsp3) is 0.250. The Kier molecular flexibility index (Phi) is 5.35. The Morgan fingerprint density at radius 3 is 2.80 bits per heavy atom. The van der Waals surface area contributed by atoms with Gasteiger partial charge in [0.2, 0.25) is 5.03 Å². The zero-order chi connectivity index (χ0) is 21.3. The molecule has 4 rings (SSSR count). The van der Waals surface area contributed by atoms with Gasteiger partial charge >= 0.3 is 6.03 Å². The molecule has 2 aromatic heterocycles. The lowest BCUT2D eigenvalue weighted by atomic mass is 10.0. The maximum absolute atomic E-state index is 14.1. The fourth-order valence-corrected chi connectivity index (χ4v) is 4.46. The van der Waals surface area contributed by atoms with Crippen molar-refractivity contribution in [2.45, 2.75) is 37.8 Å². The summed E-state index contributed by atoms with van der Waals surface area (Å²) < 4.78 is 31.6. The van der Waals surface area contributed by atoms with E-state index in [0.717, 1.165) is 47.8 Å². The van der Waals surface area contributed by atoms with Gasteiger partial charge in [0.05, 0.1) is 11.9 Å². The van der Waals surface area contributed by atoms with Gasteiger partial charge in [0.15, 0.2) is 15.7 Å². The van der Waals surface area contributed by atoms with Crippen LogP contribution in [0.2, 0.25) is 0 Å². The van der Waals surface area contributed by atoms with Crippen molar-refractivity contribution in [3.8, 4) is 11.1 Å². The third-order valence-corrected chi connectivity index (χ3v) is 6.20. The number of nitrogens with one attached hydrogen (secondary N) is 1. The number of carbonyl (C=O) groups excluding carboxylic acids is 1. The van der Waals surface area contributed by atoms with Gasteiger partial charge in [-0.2, -0.15) is 5.10 Å². The van der Waals surface area contributed by atoms with Gasteiger partial charge in [-0.1, -0.05) is 30.3 Å². The number of benzene rings is 1. The van der Waals surface area contributed by atoms with Crippen molar-refractivity contribution in [3.63, 3.8) is 0 Å². The van der Waals surface area contributed by atoms with Crippen molar-refractivity contribution in [1.29, 1.82) is 0 Å². The van der Waals surface area contributed by atoms with Crippen LogP contribution in [0.3, 0.4) is 0 Å². The molecular weight excluding hydrogens is 407 g/mol. The molecule has 8 nitrogen and oxygen atoms in total. The van der Waals surface area contributed by atoms with E-state index in [0.29, 0.717) is 12.2 Å². The van der Waals surface area contributed by atoms with Crippen molar-refractivity contribution in [2.75, 3.05) is 5.32 Å². The van der Waals surface area contributed by atoms with E-state index in [-0.39, 0.29) is 0 Å². The number of pyridine rings is 1. The molecule has 1 aliphatic carbocycles. The molecule has 10 heteroatoms. The van der Waals surface area contributed by atoms with Crippen LogP contribution in [0.15, 0.2) is 52.1 Å². The van der Waals surface area contributed by atoms with E-state index in [4.69, 9.17) is 5.14 Å². The Labute approximate surface area is 173 Å². The minimum Gasteiger partial charge on any atom is -0.305 e. The van der Waals surface area contributed by atoms with Gasteiger partial charge in [0, 0.05) is 24.0 Å². The van der Waals surface area contributed by atoms with Crippen molar-refractivity contribution in [3.05, 3.63) is 59.8 Å². The fourth-order valence-electron chi connectivity index (χ4n) is 3.52. The molecule has 3 N–H and O–H groups in total. The zero-order valence-electron chi connectivity index (χ0n) is 16.3. The van der Waals surface area contributed by atoms with Crippen LogP contribution in [0, 0.1) is 5.82 Å². The smallest absolute Gasteiger partial charge is 0.305 e. The SMILES string of the molecule is CCn1cc(F)c(S(N)(=O)=NC(=O)Nc2c(-c3ccccc3)cnc3c2CCC3)n1. The maximum Gasteiger partial charge on any atom is 0.354 e. The molecule has 30 heavy (non-hydrogen) atoms. The summed E-state index contributed by atoms with van der Waals surface area (Å²) in [5, 5.41) is 11.7. The molecule has 0 radical (unpaired) electrons. The predicted molar refractivity (Wildman–Crippen MR) is 112 cm³/mol. The Bertz CT molecular complexity index is 1230. The second-order valence-electron chi connectivity index (χ2n) is 6.92. The Morgan fingerprint density at radius 2 is 2.10 bits per heavy atom. The highest BCUT2D eigenvalue weighted by Crippen LogP contribution is 2.36. The maximum atomic E-state index is 14.1. The molecule has 0 spiro atoms. The summed E-state index contributed by atoms with van der Waals surface area (Å²) in [5.74, 6) is -0.865. The summed E-state index contributed by atoms with van der Waals surface area (Å²) in [5.41, 5.74) is 3.99. The van der Waals surface area contributed by atoms with Gasteiger partial charge in [-0.15, -0.1) is 4.36 Å². The van der Waals surface area contributed by atoms with E-state index in [2.05, 4.69) is 19.8 Å². The number of halogens is 1. The van der Waals surface area contributed by atoms with Crippen LogP contribution in [0.25, 0.3) is 11.1 Å². The molecule has 0 saturated carbocycles. The number of fused-ring (bicyclic) bond motifs is 1. The van der Waals surface area contributed by atoms with Crippen LogP contribution in [0.1, 0.15) is 24.6 Å². The van der Waals surface area contributed by atoms with Crippen molar-refractivity contribution >= 4 is 21.6 Å². The van der Waals surface area contributed by atoms with Crippen LogP contribution in [0.4, 0.5) is 14.9 Å². The van der Waals surface area contributed by atoms with Gasteiger partial charge in [0.1, 0.15) is 0 Å². The number of aryl methyl sites for hydroxylation is 2. The minimum absolute atomic E-state index is 0.363. The summed E-state index contributed by atoms with van der Waals surface area (Å²) in [7, 11) is -3.85. The highest BCUT2D eigenvalue weighted by Gasteiger charge is 2.24. The first-order valence-corrected chi connectivity index (χ1v) is 11.1. The van der Waals surface area contributed by atoms with Gasteiger partial charge in [-0.05, 0) is 37.3 Å². The first-order chi connectivity index (χ1) is 14.4. The zero-order valence-corrected chi connectivity index (χ0v) is 17.2. The lowest BCUT2D eigenvalue weighted by molar-refractivity contribution is 0.260. The third-order valence-electron chi connectivity index (χ3n) is 4.93. The van der Waals surface area contributed by atoms with E-state index >= 15 is 0 Å². The summed E-state index contributed by atoms with van der Waals surface area (Å²) in [6.07, 6.45) is 5.27. The summed E-state index contributed by atoms with van der Waals surface area (Å²) in [6, 6.07) is 8.56. The lowest BCUT2D eigenvalue weighted by Crippen LogP contribution is -2.20. The Hall–Kier alpha value is -3.11. The molecule has 0 fully saturated rings. The van der Waals surface area contributed by atoms with Crippen molar-refractivity contribution < 1.29 is 13.4 Å². The molecule has 156 valence electrons. The number of nitrogens with zero attached hydrogens (tertiary/aromatic N) is 4. The first-order valence-electron chi connectivity index (χ1n) is 9.54. The average Bonchev–Trinajstić information content (AvgIpc) is 3.35. The molecule has 1 unspecified atom stereocenters. The number of aromatic nitrogens is 3. The molecule has 1 atom stereocenters. The summed E-state index contributed by atoms with van der Waals surface area (Å²) in [6.45, 7) is 2.11. The van der Waals surface area contributed by atoms with Crippen LogP contribution in [-0.4, -0.2) is 25.0 Å². The molecule has 1 aromatic carbocycles. The normalized spacial score (nSPS) is 14.8. The van der Waals surface area contributed by atoms with Crippen molar-refractivity contribution in [2.24, 2.45) is 9.50 Å². The second kappa shape index (κ2) is 7.96. The van der Waals surface area contributed by atoms with E-state index in [1.54, 1.807) is 13.1 Å². The minimum atomic E-state index is -3.85. The van der Waals surface area contributed by atoms with E-state index in [1.165, 1.54) is 4.68 Å². The number of hydrogen-bond acceptors (Lipinski definition) is 4. The number of urea groups is 1. The summed E-state index contributed by atoms with van der Waals surface area (Å²) >= 11 is 0. The molecule has 2 amide bonds. The van der Waals surface area contributed by atoms with E-state index in [9.17, 15) is 13.4 Å². The third kappa shape index (κ3) is 3.83. The lowest BCUT2D eigenvalue weighted by Gasteiger charge is -2.14. The Balaban J connectivity index is 1.73. The molecular formula is C20H21FN6O2S. The molecule has 0 bridgehead atoms. The molecule has 0 aliphatic heterocycles. The van der Waals surface area contributed by atoms with Crippen LogP contribution in [-0.2, 0) is 29.3 Å². The predicted octanol–water partition coefficient (Wildman–Crippen LogP) is 3.53. The molecule has 2 heterocycles. The second-order valence-corrected chi connectivity index (χ2v) is 8.63. The van der Waals surface area contributed by atoms with E-state index in [1.807, 2.05) is 30.3 Å². The average molecular weight is 428 g/mol. The van der Waals surface area contributed by atoms with Gasteiger partial charge in [-0.25, -0.2) is 18.5 Å². The highest BCUT2D eigenvalue weighted by molar-refractivity contribution is 7.91. The Morgan fingerprint density at radius 1 is 1.33 bits per heavy atom. The molecule has 0 saturated heterocycles.